The first-order valence-corrected chi connectivity index (χ1v) is 7.86. The first kappa shape index (κ1) is 14.6. The average molecular weight is 323 g/mol. The quantitative estimate of drug-likeness (QED) is 0.759. The number of fused-ring (bicyclic) bond motifs is 2. The van der Waals surface area contributed by atoms with Gasteiger partial charge in [0.1, 0.15) is 0 Å². The molecule has 2 heterocycles. The second-order valence-corrected chi connectivity index (χ2v) is 5.79. The summed E-state index contributed by atoms with van der Waals surface area (Å²) in [5.41, 5.74) is 2.94. The molecule has 24 heavy (non-hydrogen) atoms. The van der Waals surface area contributed by atoms with Gasteiger partial charge in [0.2, 0.25) is 0 Å². The third-order valence-corrected chi connectivity index (χ3v) is 3.94. The number of nitrogens with one attached hydrogen (secondary N) is 2. The molecule has 0 unspecified atom stereocenters. The van der Waals surface area contributed by atoms with Crippen molar-refractivity contribution < 1.29 is 14.3 Å². The number of anilines is 1. The summed E-state index contributed by atoms with van der Waals surface area (Å²) in [5.74, 6) is 1.08. The highest BCUT2D eigenvalue weighted by Gasteiger charge is 2.16. The van der Waals surface area contributed by atoms with Gasteiger partial charge in [0, 0.05) is 23.6 Å². The number of hydrogen-bond acceptors (Lipinski definition) is 4. The van der Waals surface area contributed by atoms with E-state index in [1.165, 1.54) is 0 Å². The van der Waals surface area contributed by atoms with Gasteiger partial charge in [-0.2, -0.15) is 5.10 Å². The van der Waals surface area contributed by atoms with Crippen LogP contribution in [0.15, 0.2) is 36.4 Å². The lowest BCUT2D eigenvalue weighted by Gasteiger charge is -2.10. The van der Waals surface area contributed by atoms with Crippen LogP contribution in [0.4, 0.5) is 5.69 Å². The summed E-state index contributed by atoms with van der Waals surface area (Å²) >= 11 is 0. The van der Waals surface area contributed by atoms with E-state index in [1.54, 1.807) is 12.1 Å². The van der Waals surface area contributed by atoms with Crippen LogP contribution in [0.25, 0.3) is 10.9 Å². The van der Waals surface area contributed by atoms with E-state index in [-0.39, 0.29) is 5.91 Å². The van der Waals surface area contributed by atoms with Crippen LogP contribution in [0.2, 0.25) is 0 Å². The van der Waals surface area contributed by atoms with Crippen molar-refractivity contribution in [3.8, 4) is 11.5 Å². The summed E-state index contributed by atoms with van der Waals surface area (Å²) in [5, 5.41) is 10.7. The molecule has 6 heteroatoms. The topological polar surface area (TPSA) is 76.2 Å². The number of aromatic amines is 1. The summed E-state index contributed by atoms with van der Waals surface area (Å²) in [6.45, 7) is 3.23. The van der Waals surface area contributed by atoms with E-state index < -0.39 is 0 Å². The Balaban J connectivity index is 1.61. The van der Waals surface area contributed by atoms with Crippen LogP contribution in [0.5, 0.6) is 11.5 Å². The third kappa shape index (κ3) is 2.67. The van der Waals surface area contributed by atoms with E-state index in [0.29, 0.717) is 36.1 Å². The summed E-state index contributed by atoms with van der Waals surface area (Å²) in [4.78, 5) is 12.6. The SMILES string of the molecule is Cc1ccc2[nH]nc(C(=O)Nc3ccc4c(c3)OCCCO4)c2c1. The van der Waals surface area contributed by atoms with Crippen LogP contribution < -0.4 is 14.8 Å². The highest BCUT2D eigenvalue weighted by Crippen LogP contribution is 2.32. The summed E-state index contributed by atoms with van der Waals surface area (Å²) in [7, 11) is 0. The standard InChI is InChI=1S/C18H17N3O3/c1-11-3-5-14-13(9-11)17(21-20-14)18(22)19-12-4-6-15-16(10-12)24-8-2-7-23-15/h3-6,9-10H,2,7-8H2,1H3,(H,19,22)(H,20,21). The lowest BCUT2D eigenvalue weighted by Crippen LogP contribution is -2.13. The Morgan fingerprint density at radius 3 is 2.83 bits per heavy atom. The maximum absolute atomic E-state index is 12.6. The Morgan fingerprint density at radius 1 is 1.12 bits per heavy atom. The molecule has 0 bridgehead atoms. The second-order valence-electron chi connectivity index (χ2n) is 5.79. The second kappa shape index (κ2) is 5.88. The first-order valence-electron chi connectivity index (χ1n) is 7.86. The normalized spacial score (nSPS) is 13.5. The molecule has 1 amide bonds. The van der Waals surface area contributed by atoms with Crippen molar-refractivity contribution in [3.63, 3.8) is 0 Å². The van der Waals surface area contributed by atoms with Crippen molar-refractivity contribution in [1.29, 1.82) is 0 Å². The van der Waals surface area contributed by atoms with Gasteiger partial charge in [-0.3, -0.25) is 9.89 Å². The van der Waals surface area contributed by atoms with Crippen molar-refractivity contribution in [2.75, 3.05) is 18.5 Å². The van der Waals surface area contributed by atoms with Crippen LogP contribution in [0.1, 0.15) is 22.5 Å². The fourth-order valence-electron chi connectivity index (χ4n) is 2.73. The Bertz CT molecular complexity index is 917. The molecule has 0 aliphatic carbocycles. The number of aromatic nitrogens is 2. The molecular formula is C18H17N3O3. The van der Waals surface area contributed by atoms with Crippen LogP contribution in [0.3, 0.4) is 0 Å². The number of nitrogens with zero attached hydrogens (tertiary/aromatic N) is 1. The molecule has 0 saturated heterocycles. The highest BCUT2D eigenvalue weighted by atomic mass is 16.5. The molecule has 1 aliphatic heterocycles. The van der Waals surface area contributed by atoms with Crippen molar-refractivity contribution in [2.45, 2.75) is 13.3 Å². The van der Waals surface area contributed by atoms with E-state index in [1.807, 2.05) is 31.2 Å². The summed E-state index contributed by atoms with van der Waals surface area (Å²) in [6, 6.07) is 11.2. The van der Waals surface area contributed by atoms with Crippen molar-refractivity contribution in [2.24, 2.45) is 0 Å². The largest absolute Gasteiger partial charge is 0.490 e. The van der Waals surface area contributed by atoms with Crippen LogP contribution in [-0.2, 0) is 0 Å². The number of hydrogen-bond donors (Lipinski definition) is 2. The molecule has 0 spiro atoms. The molecule has 0 fully saturated rings. The minimum atomic E-state index is -0.263. The van der Waals surface area contributed by atoms with Crippen LogP contribution in [-0.4, -0.2) is 29.3 Å². The predicted molar refractivity (Wildman–Crippen MR) is 90.8 cm³/mol. The number of carbonyl (C=O) groups is 1. The Hall–Kier alpha value is -3.02. The number of rotatable bonds is 2. The molecule has 0 radical (unpaired) electrons. The zero-order valence-corrected chi connectivity index (χ0v) is 13.3. The fraction of sp³-hybridized carbons (Fsp3) is 0.222. The monoisotopic (exact) mass is 323 g/mol. The van der Waals surface area contributed by atoms with Crippen molar-refractivity contribution in [1.82, 2.24) is 10.2 Å². The zero-order chi connectivity index (χ0) is 16.5. The number of aryl methyl sites for hydroxylation is 1. The number of ether oxygens (including phenoxy) is 2. The van der Waals surface area contributed by atoms with Gasteiger partial charge in [0.15, 0.2) is 17.2 Å². The molecule has 1 aromatic heterocycles. The average Bonchev–Trinajstić information content (AvgIpc) is 2.84. The highest BCUT2D eigenvalue weighted by molar-refractivity contribution is 6.11. The third-order valence-electron chi connectivity index (χ3n) is 3.94. The van der Waals surface area contributed by atoms with Gasteiger partial charge in [-0.05, 0) is 31.2 Å². The number of amides is 1. The zero-order valence-electron chi connectivity index (χ0n) is 13.3. The molecule has 0 saturated carbocycles. The smallest absolute Gasteiger partial charge is 0.276 e. The maximum atomic E-state index is 12.6. The predicted octanol–water partition coefficient (Wildman–Crippen LogP) is 3.28. The molecule has 1 aliphatic rings. The van der Waals surface area contributed by atoms with Crippen molar-refractivity contribution in [3.05, 3.63) is 47.7 Å². The number of H-pyrrole nitrogens is 1. The molecule has 2 aromatic carbocycles. The van der Waals surface area contributed by atoms with E-state index in [0.717, 1.165) is 22.9 Å². The Labute approximate surface area is 138 Å². The maximum Gasteiger partial charge on any atom is 0.276 e. The molecular weight excluding hydrogens is 306 g/mol. The van der Waals surface area contributed by atoms with Gasteiger partial charge in [-0.25, -0.2) is 0 Å². The van der Waals surface area contributed by atoms with Gasteiger partial charge in [-0.1, -0.05) is 11.6 Å². The molecule has 4 rings (SSSR count). The van der Waals surface area contributed by atoms with Gasteiger partial charge in [0.05, 0.1) is 18.7 Å². The lowest BCUT2D eigenvalue weighted by atomic mass is 10.1. The summed E-state index contributed by atoms with van der Waals surface area (Å²) < 4.78 is 11.2. The summed E-state index contributed by atoms with van der Waals surface area (Å²) in [6.07, 6.45) is 0.842. The van der Waals surface area contributed by atoms with E-state index in [4.69, 9.17) is 9.47 Å². The Morgan fingerprint density at radius 2 is 1.96 bits per heavy atom. The minimum Gasteiger partial charge on any atom is -0.490 e. The van der Waals surface area contributed by atoms with Crippen LogP contribution in [0, 0.1) is 6.92 Å². The van der Waals surface area contributed by atoms with Gasteiger partial charge < -0.3 is 14.8 Å². The molecule has 6 nitrogen and oxygen atoms in total. The number of carbonyl (C=O) groups excluding carboxylic acids is 1. The molecule has 2 N–H and O–H groups in total. The van der Waals surface area contributed by atoms with E-state index in [2.05, 4.69) is 15.5 Å². The van der Waals surface area contributed by atoms with Gasteiger partial charge in [-0.15, -0.1) is 0 Å². The Kier molecular flexibility index (Phi) is 3.57. The van der Waals surface area contributed by atoms with E-state index in [9.17, 15) is 4.79 Å². The molecule has 122 valence electrons. The molecule has 0 atom stereocenters. The van der Waals surface area contributed by atoms with Crippen LogP contribution >= 0.6 is 0 Å². The van der Waals surface area contributed by atoms with Gasteiger partial charge in [0.25, 0.3) is 5.91 Å². The van der Waals surface area contributed by atoms with Crippen molar-refractivity contribution >= 4 is 22.5 Å². The lowest BCUT2D eigenvalue weighted by molar-refractivity contribution is 0.102. The minimum absolute atomic E-state index is 0.263. The number of benzene rings is 2. The van der Waals surface area contributed by atoms with E-state index >= 15 is 0 Å². The fourth-order valence-corrected chi connectivity index (χ4v) is 2.73. The first-order chi connectivity index (χ1) is 11.7. The van der Waals surface area contributed by atoms with Gasteiger partial charge >= 0.3 is 0 Å². The molecule has 3 aromatic rings.